The summed E-state index contributed by atoms with van der Waals surface area (Å²) in [5, 5.41) is 0. The highest BCUT2D eigenvalue weighted by molar-refractivity contribution is 6.85. The molecule has 0 aliphatic carbocycles. The number of hydrogen-bond donors (Lipinski definition) is 0. The van der Waals surface area contributed by atoms with Crippen molar-refractivity contribution in [3.63, 3.8) is 0 Å². The lowest BCUT2D eigenvalue weighted by Crippen LogP contribution is -2.39. The Morgan fingerprint density at radius 2 is 1.43 bits per heavy atom. The van der Waals surface area contributed by atoms with Gasteiger partial charge in [-0.15, -0.1) is 0 Å². The molecule has 0 aliphatic rings. The second-order valence-corrected chi connectivity index (χ2v) is 23.4. The molecule has 0 unspecified atom stereocenters. The van der Waals surface area contributed by atoms with E-state index in [1.54, 1.807) is 0 Å². The Labute approximate surface area is 155 Å². The number of allylic oxidation sites excluding steroid dienone is 1. The fraction of sp³-hybridized carbons (Fsp3) is 0.857. The molecule has 0 aromatic heterocycles. The molecule has 0 aromatic carbocycles. The first-order valence-electron chi connectivity index (χ1n) is 8.33. The fourth-order valence-corrected chi connectivity index (χ4v) is 13.4. The van der Waals surface area contributed by atoms with Gasteiger partial charge in [-0.3, -0.25) is 0 Å². The highest BCUT2D eigenvalue weighted by Gasteiger charge is 2.27. The van der Waals surface area contributed by atoms with Gasteiger partial charge in [0.05, 0.1) is 0 Å². The average Bonchev–Trinajstić information content (AvgIpc) is 2.36. The van der Waals surface area contributed by atoms with E-state index >= 15 is 0 Å². The van der Waals surface area contributed by atoms with Crippen LogP contribution in [0.2, 0.25) is 56.7 Å². The van der Waals surface area contributed by atoms with E-state index in [1.165, 1.54) is 5.57 Å². The predicted molar refractivity (Wildman–Crippen MR) is 113 cm³/mol. The molecule has 0 spiro atoms. The lowest BCUT2D eigenvalue weighted by molar-refractivity contribution is 0.569. The van der Waals surface area contributed by atoms with Crippen molar-refractivity contribution in [2.75, 3.05) is 0 Å². The van der Waals surface area contributed by atoms with Crippen molar-refractivity contribution in [3.8, 4) is 0 Å². The molecule has 0 saturated heterocycles. The summed E-state index contributed by atoms with van der Waals surface area (Å²) in [4.78, 5) is 0. The molecule has 23 heavy (non-hydrogen) atoms. The van der Waals surface area contributed by atoms with Crippen molar-refractivity contribution < 1.29 is 12.3 Å². The number of rotatable bonds is 13. The lowest BCUT2D eigenvalue weighted by atomic mass is 10.1. The van der Waals surface area contributed by atoms with E-state index < -0.39 is 25.7 Å². The zero-order chi connectivity index (χ0) is 18.1. The van der Waals surface area contributed by atoms with Gasteiger partial charge in [0.25, 0.3) is 0 Å². The van der Waals surface area contributed by atoms with Gasteiger partial charge < -0.3 is 12.3 Å². The minimum Gasteiger partial charge on any atom is -0.459 e. The van der Waals surface area contributed by atoms with Crippen molar-refractivity contribution >= 4 is 55.0 Å². The molecule has 3 nitrogen and oxygen atoms in total. The molecule has 0 bridgehead atoms. The van der Waals surface area contributed by atoms with E-state index in [0.717, 1.165) is 17.4 Å². The molecule has 0 rings (SSSR count). The van der Waals surface area contributed by atoms with E-state index in [4.69, 9.17) is 12.3 Å². The molecule has 0 atom stereocenters. The maximum absolute atomic E-state index is 6.26. The van der Waals surface area contributed by atoms with E-state index in [-0.39, 0.29) is 0 Å². The standard InChI is InChI=1S/C14H34O3Si6/c1-13(2)14(3)10-18-16-23(8,9)12-20-17-22(6,7)11-19-15-21(4)5/h13,21H,3,10-12H2,1-2,4-9H3. The SMILES string of the molecule is C=C(C[Si]O[Si](C)(C)C[Si]O[Si](C)(C)C[Si]O[SiH](C)C)C(C)C. The van der Waals surface area contributed by atoms with Crippen LogP contribution in [0.1, 0.15) is 13.8 Å². The van der Waals surface area contributed by atoms with Crippen LogP contribution in [0.3, 0.4) is 0 Å². The van der Waals surface area contributed by atoms with Crippen molar-refractivity contribution in [3.05, 3.63) is 12.2 Å². The second-order valence-electron chi connectivity index (χ2n) is 7.67. The summed E-state index contributed by atoms with van der Waals surface area (Å²) in [6, 6.07) is 1.01. The van der Waals surface area contributed by atoms with Crippen LogP contribution in [0.5, 0.6) is 0 Å². The average molecular weight is 419 g/mol. The topological polar surface area (TPSA) is 27.7 Å². The van der Waals surface area contributed by atoms with E-state index in [9.17, 15) is 0 Å². The molecule has 0 amide bonds. The third-order valence-electron chi connectivity index (χ3n) is 3.13. The molecule has 132 valence electrons. The minimum absolute atomic E-state index is 0.560. The molecule has 0 saturated carbocycles. The minimum atomic E-state index is -1.60. The molecular formula is C14H34O3Si6. The van der Waals surface area contributed by atoms with Crippen LogP contribution in [-0.2, 0) is 12.3 Å². The third kappa shape index (κ3) is 13.8. The van der Waals surface area contributed by atoms with Crippen molar-refractivity contribution in [2.45, 2.75) is 70.5 Å². The summed E-state index contributed by atoms with van der Waals surface area (Å²) < 4.78 is 18.3. The van der Waals surface area contributed by atoms with Gasteiger partial charge in [0.1, 0.15) is 0 Å². The highest BCUT2D eigenvalue weighted by atomic mass is 28.4. The Kier molecular flexibility index (Phi) is 12.0. The van der Waals surface area contributed by atoms with Crippen molar-refractivity contribution in [1.29, 1.82) is 0 Å². The van der Waals surface area contributed by atoms with Crippen molar-refractivity contribution in [2.24, 2.45) is 5.92 Å². The summed E-state index contributed by atoms with van der Waals surface area (Å²) in [6.45, 7) is 22.2. The molecule has 6 radical (unpaired) electrons. The number of hydrogen-bond acceptors (Lipinski definition) is 3. The van der Waals surface area contributed by atoms with E-state index in [1.807, 2.05) is 0 Å². The second kappa shape index (κ2) is 11.5. The Bertz CT molecular complexity index is 347. The fourth-order valence-electron chi connectivity index (χ4n) is 1.39. The van der Waals surface area contributed by atoms with Crippen LogP contribution in [0.15, 0.2) is 12.2 Å². The summed E-state index contributed by atoms with van der Waals surface area (Å²) in [5.74, 6) is 0.560. The van der Waals surface area contributed by atoms with E-state index in [0.29, 0.717) is 35.2 Å². The van der Waals surface area contributed by atoms with Crippen LogP contribution in [0.25, 0.3) is 0 Å². The molecule has 0 heterocycles. The van der Waals surface area contributed by atoms with Gasteiger partial charge >= 0.3 is 0 Å². The maximum atomic E-state index is 6.26. The highest BCUT2D eigenvalue weighted by Crippen LogP contribution is 2.16. The lowest BCUT2D eigenvalue weighted by Gasteiger charge is -2.27. The largest absolute Gasteiger partial charge is 0.459 e. The van der Waals surface area contributed by atoms with Gasteiger partial charge in [0.2, 0.25) is 29.3 Å². The van der Waals surface area contributed by atoms with Crippen LogP contribution >= 0.6 is 0 Å². The van der Waals surface area contributed by atoms with Gasteiger partial charge in [-0.05, 0) is 62.6 Å². The molecular weight excluding hydrogens is 385 g/mol. The summed E-state index contributed by atoms with van der Waals surface area (Å²) >= 11 is 0. The predicted octanol–water partition coefficient (Wildman–Crippen LogP) is 3.83. The Hall–Kier alpha value is 0.921. The monoisotopic (exact) mass is 418 g/mol. The Morgan fingerprint density at radius 3 is 1.91 bits per heavy atom. The first-order valence-corrected chi connectivity index (χ1v) is 20.7. The Morgan fingerprint density at radius 1 is 0.957 bits per heavy atom. The zero-order valence-corrected chi connectivity index (χ0v) is 22.4. The van der Waals surface area contributed by atoms with Gasteiger partial charge in [-0.1, -0.05) is 26.0 Å². The first kappa shape index (κ1) is 23.9. The van der Waals surface area contributed by atoms with Crippen LogP contribution in [-0.4, -0.2) is 55.0 Å². The van der Waals surface area contributed by atoms with Gasteiger partial charge in [-0.25, -0.2) is 0 Å². The summed E-state index contributed by atoms with van der Waals surface area (Å²) in [5.41, 5.74) is 3.53. The van der Waals surface area contributed by atoms with Crippen LogP contribution in [0, 0.1) is 5.92 Å². The third-order valence-corrected chi connectivity index (χ3v) is 19.8. The van der Waals surface area contributed by atoms with Crippen molar-refractivity contribution in [1.82, 2.24) is 0 Å². The Balaban J connectivity index is 3.96. The molecule has 0 N–H and O–H groups in total. The van der Waals surface area contributed by atoms with Gasteiger partial charge in [-0.2, -0.15) is 0 Å². The van der Waals surface area contributed by atoms with E-state index in [2.05, 4.69) is 59.7 Å². The summed E-state index contributed by atoms with van der Waals surface area (Å²) in [7, 11) is -2.26. The molecule has 9 heteroatoms. The first-order chi connectivity index (χ1) is 10.5. The molecule has 0 fully saturated rings. The molecule has 0 aliphatic heterocycles. The smallest absolute Gasteiger partial charge is 0.219 e. The van der Waals surface area contributed by atoms with Gasteiger partial charge in [0, 0.05) is 0 Å². The van der Waals surface area contributed by atoms with Crippen LogP contribution < -0.4 is 0 Å². The van der Waals surface area contributed by atoms with Gasteiger partial charge in [0.15, 0.2) is 25.7 Å². The normalized spacial score (nSPS) is 13.1. The van der Waals surface area contributed by atoms with Crippen LogP contribution in [0.4, 0.5) is 0 Å². The summed E-state index contributed by atoms with van der Waals surface area (Å²) in [6.07, 6.45) is 0. The maximum Gasteiger partial charge on any atom is 0.219 e. The quantitative estimate of drug-likeness (QED) is 0.336. The molecule has 0 aromatic rings. The zero-order valence-electron chi connectivity index (χ0n) is 16.2.